The van der Waals surface area contributed by atoms with Crippen LogP contribution in [0.15, 0.2) is 37.2 Å². The zero-order valence-electron chi connectivity index (χ0n) is 24.9. The SMILES string of the molecule is CC(C)CCC[C@@H](C)[C@H]1CC[C@@H]2[C@@H]3CC=C4C[C@@H](OC(=O)Oc5c(Br)cc(Br)cc5Br)CC[C@]4(C)[C@H]3CC[C@@]21C. The number of hydrogen-bond acceptors (Lipinski definition) is 3. The highest BCUT2D eigenvalue weighted by molar-refractivity contribution is 9.11. The molecule has 1 aromatic carbocycles. The van der Waals surface area contributed by atoms with E-state index < -0.39 is 6.16 Å². The first-order chi connectivity index (χ1) is 18.9. The van der Waals surface area contributed by atoms with Gasteiger partial charge in [-0.1, -0.05) is 81.5 Å². The van der Waals surface area contributed by atoms with Crippen LogP contribution in [-0.4, -0.2) is 12.3 Å². The number of ether oxygens (including phenoxy) is 2. The molecule has 4 aliphatic carbocycles. The molecule has 0 spiro atoms. The van der Waals surface area contributed by atoms with E-state index >= 15 is 0 Å². The Hall–Kier alpha value is -0.330. The van der Waals surface area contributed by atoms with Crippen LogP contribution in [0.3, 0.4) is 0 Å². The average Bonchev–Trinajstić information content (AvgIpc) is 3.23. The van der Waals surface area contributed by atoms with E-state index in [1.807, 2.05) is 12.1 Å². The number of fused-ring (bicyclic) bond motifs is 5. The predicted molar refractivity (Wildman–Crippen MR) is 173 cm³/mol. The Morgan fingerprint density at radius 2 is 1.70 bits per heavy atom. The molecule has 0 unspecified atom stereocenters. The molecule has 0 amide bonds. The van der Waals surface area contributed by atoms with Crippen LogP contribution in [-0.2, 0) is 4.74 Å². The highest BCUT2D eigenvalue weighted by Gasteiger charge is 2.59. The Morgan fingerprint density at radius 1 is 0.975 bits per heavy atom. The van der Waals surface area contributed by atoms with Gasteiger partial charge >= 0.3 is 6.16 Å². The number of rotatable bonds is 7. The van der Waals surface area contributed by atoms with Crippen LogP contribution in [0.2, 0.25) is 0 Å². The Labute approximate surface area is 267 Å². The van der Waals surface area contributed by atoms with E-state index in [4.69, 9.17) is 9.47 Å². The third-order valence-corrected chi connectivity index (χ3v) is 13.3. The van der Waals surface area contributed by atoms with Gasteiger partial charge in [0, 0.05) is 10.9 Å². The number of carbonyl (C=O) groups excluding carboxylic acids is 1. The molecule has 8 atom stereocenters. The van der Waals surface area contributed by atoms with Gasteiger partial charge in [0.15, 0.2) is 5.75 Å². The fraction of sp³-hybridized carbons (Fsp3) is 0.735. The summed E-state index contributed by atoms with van der Waals surface area (Å²) in [6.45, 7) is 12.5. The van der Waals surface area contributed by atoms with Crippen molar-refractivity contribution in [3.63, 3.8) is 0 Å². The van der Waals surface area contributed by atoms with Gasteiger partial charge in [-0.3, -0.25) is 0 Å². The summed E-state index contributed by atoms with van der Waals surface area (Å²) < 4.78 is 13.8. The molecule has 0 saturated heterocycles. The molecule has 3 fully saturated rings. The van der Waals surface area contributed by atoms with Crippen molar-refractivity contribution >= 4 is 53.9 Å². The molecule has 0 aromatic heterocycles. The smallest absolute Gasteiger partial charge is 0.430 e. The largest absolute Gasteiger partial charge is 0.514 e. The van der Waals surface area contributed by atoms with Crippen LogP contribution in [0.25, 0.3) is 0 Å². The van der Waals surface area contributed by atoms with E-state index in [-0.39, 0.29) is 11.5 Å². The van der Waals surface area contributed by atoms with Crippen molar-refractivity contribution in [1.82, 2.24) is 0 Å². The van der Waals surface area contributed by atoms with Crippen molar-refractivity contribution in [2.45, 2.75) is 111 Å². The second-order valence-electron chi connectivity index (χ2n) is 14.3. The summed E-state index contributed by atoms with van der Waals surface area (Å²) in [6, 6.07) is 3.72. The summed E-state index contributed by atoms with van der Waals surface area (Å²) in [4.78, 5) is 12.8. The molecule has 0 radical (unpaired) electrons. The molecule has 4 aliphatic rings. The third kappa shape index (κ3) is 6.03. The van der Waals surface area contributed by atoms with Gasteiger partial charge in [0.25, 0.3) is 0 Å². The quantitative estimate of drug-likeness (QED) is 0.158. The molecule has 0 bridgehead atoms. The van der Waals surface area contributed by atoms with Gasteiger partial charge in [-0.2, -0.15) is 0 Å². The summed E-state index contributed by atoms with van der Waals surface area (Å²) in [6.07, 6.45) is 15.7. The van der Waals surface area contributed by atoms with E-state index in [9.17, 15) is 4.79 Å². The number of allylic oxidation sites excluding steroid dienone is 1. The molecule has 5 rings (SSSR count). The van der Waals surface area contributed by atoms with Crippen LogP contribution >= 0.6 is 47.8 Å². The maximum Gasteiger partial charge on any atom is 0.514 e. The standard InChI is InChI=1S/C34H47Br3O3/c1-20(2)7-6-8-21(3)26-11-12-27-25-10-9-22-17-24(13-15-33(22,4)28(25)14-16-34(26,27)5)39-32(38)40-31-29(36)18-23(35)19-30(31)37/h9,18-21,24-28H,6-8,10-17H2,1-5H3/t21-,24+,25+,26-,27-,28+,33+,34-/m1/s1. The second kappa shape index (κ2) is 12.3. The highest BCUT2D eigenvalue weighted by Crippen LogP contribution is 2.67. The first-order valence-corrected chi connectivity index (χ1v) is 18.0. The Balaban J connectivity index is 1.23. The van der Waals surface area contributed by atoms with E-state index in [0.29, 0.717) is 20.1 Å². The molecule has 6 heteroatoms. The van der Waals surface area contributed by atoms with E-state index in [2.05, 4.69) is 88.5 Å². The third-order valence-electron chi connectivity index (χ3n) is 11.7. The lowest BCUT2D eigenvalue weighted by Gasteiger charge is -2.58. The summed E-state index contributed by atoms with van der Waals surface area (Å²) >= 11 is 10.4. The van der Waals surface area contributed by atoms with Gasteiger partial charge in [0.1, 0.15) is 6.10 Å². The predicted octanol–water partition coefficient (Wildman–Crippen LogP) is 11.9. The number of carbonyl (C=O) groups is 1. The number of halogens is 3. The minimum absolute atomic E-state index is 0.118. The lowest BCUT2D eigenvalue weighted by molar-refractivity contribution is -0.0597. The lowest BCUT2D eigenvalue weighted by Crippen LogP contribution is -2.51. The number of hydrogen-bond donors (Lipinski definition) is 0. The Morgan fingerprint density at radius 3 is 2.40 bits per heavy atom. The average molecular weight is 743 g/mol. The summed E-state index contributed by atoms with van der Waals surface area (Å²) in [5, 5.41) is 0. The molecular formula is C34H47Br3O3. The van der Waals surface area contributed by atoms with Crippen molar-refractivity contribution in [2.24, 2.45) is 46.3 Å². The fourth-order valence-corrected chi connectivity index (χ4v) is 12.0. The van der Waals surface area contributed by atoms with Crippen molar-refractivity contribution < 1.29 is 14.3 Å². The zero-order valence-corrected chi connectivity index (χ0v) is 29.7. The van der Waals surface area contributed by atoms with Crippen LogP contribution in [0.4, 0.5) is 4.79 Å². The molecular weight excluding hydrogens is 696 g/mol. The molecule has 0 N–H and O–H groups in total. The first-order valence-electron chi connectivity index (χ1n) is 15.6. The molecule has 3 nitrogen and oxygen atoms in total. The molecule has 222 valence electrons. The minimum Gasteiger partial charge on any atom is -0.430 e. The topological polar surface area (TPSA) is 35.5 Å². The zero-order chi connectivity index (χ0) is 28.8. The van der Waals surface area contributed by atoms with Gasteiger partial charge in [0.2, 0.25) is 0 Å². The first kappa shape index (κ1) is 31.1. The summed E-state index contributed by atoms with van der Waals surface area (Å²) in [5.74, 6) is 5.46. The number of benzene rings is 1. The summed E-state index contributed by atoms with van der Waals surface area (Å²) in [5.41, 5.74) is 2.29. The van der Waals surface area contributed by atoms with E-state index in [1.165, 1.54) is 56.9 Å². The maximum absolute atomic E-state index is 12.8. The molecule has 1 aromatic rings. The van der Waals surface area contributed by atoms with Crippen LogP contribution < -0.4 is 4.74 Å². The van der Waals surface area contributed by atoms with Gasteiger partial charge < -0.3 is 9.47 Å². The van der Waals surface area contributed by atoms with Crippen LogP contribution in [0.1, 0.15) is 105 Å². The molecule has 0 aliphatic heterocycles. The van der Waals surface area contributed by atoms with Crippen molar-refractivity contribution in [2.75, 3.05) is 0 Å². The maximum atomic E-state index is 12.8. The fourth-order valence-electron chi connectivity index (χ4n) is 9.62. The lowest BCUT2D eigenvalue weighted by atomic mass is 9.47. The van der Waals surface area contributed by atoms with Crippen molar-refractivity contribution in [1.29, 1.82) is 0 Å². The summed E-state index contributed by atoms with van der Waals surface area (Å²) in [7, 11) is 0. The van der Waals surface area contributed by atoms with Gasteiger partial charge in [0.05, 0.1) is 8.95 Å². The van der Waals surface area contributed by atoms with Gasteiger partial charge in [-0.15, -0.1) is 0 Å². The molecule has 0 heterocycles. The van der Waals surface area contributed by atoms with Crippen molar-refractivity contribution in [3.05, 3.63) is 37.2 Å². The van der Waals surface area contributed by atoms with Crippen molar-refractivity contribution in [3.8, 4) is 5.75 Å². The van der Waals surface area contributed by atoms with Gasteiger partial charge in [-0.05, 0) is 135 Å². The Bertz CT molecular complexity index is 1110. The second-order valence-corrected chi connectivity index (χ2v) is 16.9. The van der Waals surface area contributed by atoms with E-state index in [1.54, 1.807) is 0 Å². The van der Waals surface area contributed by atoms with Gasteiger partial charge in [-0.25, -0.2) is 4.79 Å². The molecule has 40 heavy (non-hydrogen) atoms. The molecule has 3 saturated carbocycles. The normalized spacial score (nSPS) is 35.8. The Kier molecular flexibility index (Phi) is 9.60. The van der Waals surface area contributed by atoms with Crippen LogP contribution in [0, 0.1) is 46.3 Å². The highest BCUT2D eigenvalue weighted by atomic mass is 79.9. The van der Waals surface area contributed by atoms with Crippen LogP contribution in [0.5, 0.6) is 5.75 Å². The minimum atomic E-state index is -0.625. The van der Waals surface area contributed by atoms with E-state index in [0.717, 1.165) is 59.2 Å². The monoisotopic (exact) mass is 740 g/mol.